The maximum Gasteiger partial charge on any atom is 0.255 e. The maximum absolute atomic E-state index is 12.3. The monoisotopic (exact) mass is 243 g/mol. The summed E-state index contributed by atoms with van der Waals surface area (Å²) >= 11 is 0. The molecule has 3 nitrogen and oxygen atoms in total. The van der Waals surface area contributed by atoms with Crippen LogP contribution in [0.15, 0.2) is 18.2 Å². The first-order chi connectivity index (χ1) is 8.72. The van der Waals surface area contributed by atoms with E-state index in [0.717, 1.165) is 31.5 Å². The van der Waals surface area contributed by atoms with Gasteiger partial charge in [-0.2, -0.15) is 0 Å². The van der Waals surface area contributed by atoms with E-state index >= 15 is 0 Å². The van der Waals surface area contributed by atoms with E-state index in [1.54, 1.807) is 0 Å². The van der Waals surface area contributed by atoms with Crippen molar-refractivity contribution in [2.75, 3.05) is 19.7 Å². The molecule has 94 valence electrons. The van der Waals surface area contributed by atoms with Gasteiger partial charge in [-0.3, -0.25) is 4.79 Å². The molecule has 0 spiro atoms. The molecule has 1 aromatic carbocycles. The van der Waals surface area contributed by atoms with Crippen LogP contribution in [0.3, 0.4) is 0 Å². The Labute approximate surface area is 107 Å². The smallest absolute Gasteiger partial charge is 0.255 e. The van der Waals surface area contributed by atoms with Gasteiger partial charge in [-0.05, 0) is 37.5 Å². The van der Waals surface area contributed by atoms with Gasteiger partial charge in [-0.1, -0.05) is 17.9 Å². The minimum Gasteiger partial charge on any atom is -0.384 e. The number of rotatable bonds is 1. The molecule has 0 aromatic heterocycles. The first kappa shape index (κ1) is 12.7. The zero-order chi connectivity index (χ0) is 13.0. The highest BCUT2D eigenvalue weighted by Crippen LogP contribution is 2.17. The molecule has 18 heavy (non-hydrogen) atoms. The van der Waals surface area contributed by atoms with Crippen molar-refractivity contribution in [3.05, 3.63) is 34.9 Å². The maximum atomic E-state index is 12.3. The number of aliphatic hydroxyl groups is 1. The first-order valence-corrected chi connectivity index (χ1v) is 6.22. The molecule has 0 atom stereocenters. The van der Waals surface area contributed by atoms with Crippen LogP contribution in [0, 0.1) is 18.8 Å². The number of hydrogen-bond acceptors (Lipinski definition) is 2. The van der Waals surface area contributed by atoms with Gasteiger partial charge in [0.1, 0.15) is 6.61 Å². The quantitative estimate of drug-likeness (QED) is 0.761. The van der Waals surface area contributed by atoms with Crippen molar-refractivity contribution in [2.24, 2.45) is 0 Å². The third-order valence-electron chi connectivity index (χ3n) is 3.10. The highest BCUT2D eigenvalue weighted by molar-refractivity contribution is 5.97. The van der Waals surface area contributed by atoms with Crippen molar-refractivity contribution >= 4 is 5.91 Å². The number of amides is 1. The van der Waals surface area contributed by atoms with Crippen LogP contribution in [-0.4, -0.2) is 35.6 Å². The van der Waals surface area contributed by atoms with E-state index in [0.29, 0.717) is 11.1 Å². The van der Waals surface area contributed by atoms with E-state index in [1.165, 1.54) is 0 Å². The normalized spacial score (nSPS) is 14.2. The fraction of sp³-hybridized carbons (Fsp3) is 0.400. The SMILES string of the molecule is Cc1ccc(C(=O)N2CCCC2)c(C#CCO)c1. The number of aryl methyl sites for hydroxylation is 1. The van der Waals surface area contributed by atoms with E-state index in [2.05, 4.69) is 11.8 Å². The summed E-state index contributed by atoms with van der Waals surface area (Å²) < 4.78 is 0. The predicted molar refractivity (Wildman–Crippen MR) is 70.3 cm³/mol. The first-order valence-electron chi connectivity index (χ1n) is 6.22. The summed E-state index contributed by atoms with van der Waals surface area (Å²) in [6.45, 7) is 3.44. The third kappa shape index (κ3) is 2.72. The van der Waals surface area contributed by atoms with E-state index in [4.69, 9.17) is 5.11 Å². The highest BCUT2D eigenvalue weighted by Gasteiger charge is 2.21. The van der Waals surface area contributed by atoms with Gasteiger partial charge in [0.25, 0.3) is 5.91 Å². The molecule has 3 heteroatoms. The molecule has 0 radical (unpaired) electrons. The molecule has 1 N–H and O–H groups in total. The van der Waals surface area contributed by atoms with Crippen LogP contribution in [0.1, 0.15) is 34.3 Å². The van der Waals surface area contributed by atoms with E-state index in [1.807, 2.05) is 30.0 Å². The lowest BCUT2D eigenvalue weighted by molar-refractivity contribution is 0.0792. The van der Waals surface area contributed by atoms with Gasteiger partial charge in [0.15, 0.2) is 0 Å². The summed E-state index contributed by atoms with van der Waals surface area (Å²) in [5, 5.41) is 8.77. The van der Waals surface area contributed by atoms with E-state index in [-0.39, 0.29) is 12.5 Å². The summed E-state index contributed by atoms with van der Waals surface area (Å²) in [6.07, 6.45) is 2.16. The molecule has 1 aliphatic heterocycles. The largest absolute Gasteiger partial charge is 0.384 e. The van der Waals surface area contributed by atoms with Gasteiger partial charge in [0, 0.05) is 18.7 Å². The topological polar surface area (TPSA) is 40.5 Å². The Kier molecular flexibility index (Phi) is 4.01. The number of hydrogen-bond donors (Lipinski definition) is 1. The average Bonchev–Trinajstić information content (AvgIpc) is 2.89. The molecular weight excluding hydrogens is 226 g/mol. The highest BCUT2D eigenvalue weighted by atomic mass is 16.2. The summed E-state index contributed by atoms with van der Waals surface area (Å²) in [5.74, 6) is 5.52. The lowest BCUT2D eigenvalue weighted by atomic mass is 10.0. The number of nitrogens with zero attached hydrogens (tertiary/aromatic N) is 1. The molecule has 1 aliphatic rings. The van der Waals surface area contributed by atoms with Crippen LogP contribution < -0.4 is 0 Å². The van der Waals surface area contributed by atoms with Gasteiger partial charge < -0.3 is 10.0 Å². The molecule has 0 bridgehead atoms. The summed E-state index contributed by atoms with van der Waals surface area (Å²) in [5.41, 5.74) is 2.42. The summed E-state index contributed by atoms with van der Waals surface area (Å²) in [6, 6.07) is 5.65. The van der Waals surface area contributed by atoms with Crippen LogP contribution in [-0.2, 0) is 0 Å². The minimum absolute atomic E-state index is 0.0507. The number of carbonyl (C=O) groups is 1. The fourth-order valence-corrected chi connectivity index (χ4v) is 2.17. The third-order valence-corrected chi connectivity index (χ3v) is 3.10. The van der Waals surface area contributed by atoms with Crippen molar-refractivity contribution in [3.8, 4) is 11.8 Å². The number of likely N-dealkylation sites (tertiary alicyclic amines) is 1. The molecule has 1 saturated heterocycles. The van der Waals surface area contributed by atoms with Crippen molar-refractivity contribution in [1.82, 2.24) is 4.90 Å². The zero-order valence-corrected chi connectivity index (χ0v) is 10.6. The molecule has 1 amide bonds. The Bertz CT molecular complexity index is 505. The minimum atomic E-state index is -0.189. The Morgan fingerprint density at radius 3 is 2.78 bits per heavy atom. The Balaban J connectivity index is 2.33. The standard InChI is InChI=1S/C15H17NO2/c1-12-6-7-14(13(11-12)5-4-10-17)15(18)16-8-2-3-9-16/h6-7,11,17H,2-3,8-10H2,1H3. The Morgan fingerprint density at radius 2 is 2.11 bits per heavy atom. The second-order valence-corrected chi connectivity index (χ2v) is 4.51. The van der Waals surface area contributed by atoms with Crippen LogP contribution in [0.5, 0.6) is 0 Å². The molecular formula is C15H17NO2. The Hall–Kier alpha value is -1.79. The second kappa shape index (κ2) is 5.70. The van der Waals surface area contributed by atoms with Crippen LogP contribution in [0.2, 0.25) is 0 Å². The fourth-order valence-electron chi connectivity index (χ4n) is 2.17. The molecule has 1 heterocycles. The van der Waals surface area contributed by atoms with Crippen molar-refractivity contribution in [3.63, 3.8) is 0 Å². The lowest BCUT2D eigenvalue weighted by Gasteiger charge is -2.16. The molecule has 2 rings (SSSR count). The molecule has 0 unspecified atom stereocenters. The summed E-state index contributed by atoms with van der Waals surface area (Å²) in [7, 11) is 0. The molecule has 0 saturated carbocycles. The molecule has 0 aliphatic carbocycles. The second-order valence-electron chi connectivity index (χ2n) is 4.51. The van der Waals surface area contributed by atoms with Crippen LogP contribution in [0.25, 0.3) is 0 Å². The number of benzene rings is 1. The zero-order valence-electron chi connectivity index (χ0n) is 10.6. The molecule has 1 fully saturated rings. The summed E-state index contributed by atoms with van der Waals surface area (Å²) in [4.78, 5) is 14.2. The lowest BCUT2D eigenvalue weighted by Crippen LogP contribution is -2.28. The van der Waals surface area contributed by atoms with Gasteiger partial charge in [-0.15, -0.1) is 0 Å². The van der Waals surface area contributed by atoms with E-state index < -0.39 is 0 Å². The van der Waals surface area contributed by atoms with Gasteiger partial charge in [0.2, 0.25) is 0 Å². The number of aliphatic hydroxyl groups excluding tert-OH is 1. The van der Waals surface area contributed by atoms with Gasteiger partial charge in [-0.25, -0.2) is 0 Å². The van der Waals surface area contributed by atoms with Crippen LogP contribution >= 0.6 is 0 Å². The van der Waals surface area contributed by atoms with Crippen molar-refractivity contribution in [1.29, 1.82) is 0 Å². The van der Waals surface area contributed by atoms with Crippen LogP contribution in [0.4, 0.5) is 0 Å². The number of carbonyl (C=O) groups excluding carboxylic acids is 1. The molecule has 1 aromatic rings. The Morgan fingerprint density at radius 1 is 1.39 bits per heavy atom. The van der Waals surface area contributed by atoms with E-state index in [9.17, 15) is 4.79 Å². The van der Waals surface area contributed by atoms with Gasteiger partial charge in [0.05, 0.1) is 5.56 Å². The van der Waals surface area contributed by atoms with Crippen molar-refractivity contribution in [2.45, 2.75) is 19.8 Å². The predicted octanol–water partition coefficient (Wildman–Crippen LogP) is 1.57. The van der Waals surface area contributed by atoms with Crippen molar-refractivity contribution < 1.29 is 9.90 Å². The average molecular weight is 243 g/mol. The van der Waals surface area contributed by atoms with Gasteiger partial charge >= 0.3 is 0 Å².